The second-order valence-corrected chi connectivity index (χ2v) is 4.84. The van der Waals surface area contributed by atoms with Gasteiger partial charge in [0.2, 0.25) is 0 Å². The first kappa shape index (κ1) is 13.7. The van der Waals surface area contributed by atoms with Gasteiger partial charge in [0.05, 0.1) is 6.61 Å². The summed E-state index contributed by atoms with van der Waals surface area (Å²) in [4.78, 5) is 0. The Morgan fingerprint density at radius 2 is 1.92 bits per heavy atom. The molecule has 0 aromatic rings. The number of hydrogen-bond donors (Lipinski definition) is 1. The smallest absolute Gasteiger partial charge is 0.109 e. The van der Waals surface area contributed by atoms with Crippen LogP contribution in [0.5, 0.6) is 0 Å². The summed E-state index contributed by atoms with van der Waals surface area (Å²) in [7, 11) is 0. The first-order valence-corrected chi connectivity index (χ1v) is 5.93. The average Bonchev–Trinajstić information content (AvgIpc) is 2.03. The quantitative estimate of drug-likeness (QED) is 0.733. The van der Waals surface area contributed by atoms with Gasteiger partial charge in [-0.1, -0.05) is 20.8 Å². The van der Waals surface area contributed by atoms with Crippen LogP contribution in [0.3, 0.4) is 0 Å². The van der Waals surface area contributed by atoms with Gasteiger partial charge in [0, 0.05) is 0 Å². The predicted octanol–water partition coefficient (Wildman–Crippen LogP) is 3.00. The molecule has 0 aliphatic heterocycles. The van der Waals surface area contributed by atoms with Crippen LogP contribution in [0.1, 0.15) is 33.6 Å². The second-order valence-electron chi connectivity index (χ2n) is 4.22. The van der Waals surface area contributed by atoms with E-state index in [1.54, 1.807) is 0 Å². The monoisotopic (exact) mass is 299 g/mol. The van der Waals surface area contributed by atoms with Crippen molar-refractivity contribution in [1.29, 1.82) is 0 Å². The van der Waals surface area contributed by atoms with Crippen molar-refractivity contribution in [2.75, 3.05) is 13.2 Å². The van der Waals surface area contributed by atoms with Crippen molar-refractivity contribution in [2.24, 2.45) is 23.5 Å². The van der Waals surface area contributed by atoms with E-state index >= 15 is 0 Å². The largest absolute Gasteiger partial charge is 0.330 e. The van der Waals surface area contributed by atoms with Crippen molar-refractivity contribution < 1.29 is 3.07 Å². The summed E-state index contributed by atoms with van der Waals surface area (Å²) < 4.78 is 5.20. The molecule has 0 saturated carbocycles. The van der Waals surface area contributed by atoms with E-state index in [9.17, 15) is 0 Å². The maximum atomic E-state index is 5.55. The molecule has 0 fully saturated rings. The van der Waals surface area contributed by atoms with Crippen molar-refractivity contribution in [1.82, 2.24) is 0 Å². The van der Waals surface area contributed by atoms with Crippen LogP contribution in [-0.4, -0.2) is 13.2 Å². The zero-order valence-electron chi connectivity index (χ0n) is 8.92. The SMILES string of the molecule is CC(C)C[C@@H](COI)[C@@H](C)CCN. The molecule has 0 bridgehead atoms. The lowest BCUT2D eigenvalue weighted by atomic mass is 9.85. The van der Waals surface area contributed by atoms with Crippen LogP contribution in [0.2, 0.25) is 0 Å². The molecule has 0 amide bonds. The van der Waals surface area contributed by atoms with Gasteiger partial charge in [-0.25, -0.2) is 0 Å². The highest BCUT2D eigenvalue weighted by molar-refractivity contribution is 14.1. The Morgan fingerprint density at radius 1 is 1.31 bits per heavy atom. The van der Waals surface area contributed by atoms with Gasteiger partial charge in [-0.3, -0.25) is 0 Å². The van der Waals surface area contributed by atoms with Gasteiger partial charge in [0.1, 0.15) is 23.0 Å². The molecule has 0 aliphatic carbocycles. The van der Waals surface area contributed by atoms with Crippen molar-refractivity contribution in [3.05, 3.63) is 0 Å². The molecule has 2 atom stereocenters. The number of hydrogen-bond acceptors (Lipinski definition) is 2. The van der Waals surface area contributed by atoms with E-state index in [0.29, 0.717) is 11.8 Å². The molecule has 2 N–H and O–H groups in total. The van der Waals surface area contributed by atoms with Gasteiger partial charge < -0.3 is 8.80 Å². The summed E-state index contributed by atoms with van der Waals surface area (Å²) in [6, 6.07) is 0. The standard InChI is InChI=1S/C10H22INO/c1-8(2)6-10(7-13-11)9(3)4-5-12/h8-10H,4-7,12H2,1-3H3/t9-,10-/m0/s1. The Balaban J connectivity index is 3.90. The molecule has 0 unspecified atom stereocenters. The lowest BCUT2D eigenvalue weighted by Gasteiger charge is -2.23. The maximum Gasteiger partial charge on any atom is 0.109 e. The fourth-order valence-electron chi connectivity index (χ4n) is 1.65. The van der Waals surface area contributed by atoms with Crippen molar-refractivity contribution in [3.63, 3.8) is 0 Å². The lowest BCUT2D eigenvalue weighted by molar-refractivity contribution is 0.210. The third-order valence-corrected chi connectivity index (χ3v) is 2.84. The summed E-state index contributed by atoms with van der Waals surface area (Å²) in [6.07, 6.45) is 2.35. The highest BCUT2D eigenvalue weighted by Gasteiger charge is 2.17. The van der Waals surface area contributed by atoms with Gasteiger partial charge in [-0.05, 0) is 37.1 Å². The molecule has 0 rings (SSSR count). The molecule has 0 radical (unpaired) electrons. The zero-order valence-corrected chi connectivity index (χ0v) is 11.1. The van der Waals surface area contributed by atoms with E-state index in [-0.39, 0.29) is 0 Å². The van der Waals surface area contributed by atoms with E-state index < -0.39 is 0 Å². The van der Waals surface area contributed by atoms with Gasteiger partial charge in [-0.15, -0.1) is 0 Å². The first-order valence-electron chi connectivity index (χ1n) is 5.05. The Morgan fingerprint density at radius 3 is 2.31 bits per heavy atom. The molecule has 3 heteroatoms. The molecule has 0 aromatic carbocycles. The van der Waals surface area contributed by atoms with Gasteiger partial charge in [0.25, 0.3) is 0 Å². The highest BCUT2D eigenvalue weighted by atomic mass is 127. The summed E-state index contributed by atoms with van der Waals surface area (Å²) in [5, 5.41) is 0. The fourth-order valence-corrected chi connectivity index (χ4v) is 2.11. The molecule has 0 heterocycles. The number of halogens is 1. The van der Waals surface area contributed by atoms with Crippen LogP contribution < -0.4 is 5.73 Å². The van der Waals surface area contributed by atoms with E-state index in [4.69, 9.17) is 8.80 Å². The molecule has 0 aliphatic rings. The van der Waals surface area contributed by atoms with E-state index in [1.165, 1.54) is 6.42 Å². The molecule has 80 valence electrons. The van der Waals surface area contributed by atoms with Crippen LogP contribution >= 0.6 is 23.0 Å². The number of rotatable bonds is 7. The van der Waals surface area contributed by atoms with E-state index in [2.05, 4.69) is 20.8 Å². The minimum absolute atomic E-state index is 0.667. The number of nitrogens with two attached hydrogens (primary N) is 1. The van der Waals surface area contributed by atoms with E-state index in [0.717, 1.165) is 25.5 Å². The predicted molar refractivity (Wildman–Crippen MR) is 65.8 cm³/mol. The van der Waals surface area contributed by atoms with Crippen LogP contribution in [0.4, 0.5) is 0 Å². The Labute approximate surface area is 96.3 Å². The second kappa shape index (κ2) is 8.00. The Kier molecular flexibility index (Phi) is 8.40. The summed E-state index contributed by atoms with van der Waals surface area (Å²) >= 11 is 1.98. The maximum absolute atomic E-state index is 5.55. The van der Waals surface area contributed by atoms with Crippen molar-refractivity contribution in [2.45, 2.75) is 33.6 Å². The van der Waals surface area contributed by atoms with Crippen LogP contribution in [0.15, 0.2) is 0 Å². The molecule has 13 heavy (non-hydrogen) atoms. The molecule has 2 nitrogen and oxygen atoms in total. The Hall–Kier alpha value is 0.650. The van der Waals surface area contributed by atoms with Crippen molar-refractivity contribution in [3.8, 4) is 0 Å². The van der Waals surface area contributed by atoms with Crippen LogP contribution in [-0.2, 0) is 3.07 Å². The zero-order chi connectivity index (χ0) is 10.3. The molecular weight excluding hydrogens is 277 g/mol. The molecule has 0 aromatic heterocycles. The normalized spacial score (nSPS) is 16.2. The van der Waals surface area contributed by atoms with E-state index in [1.807, 2.05) is 23.0 Å². The molecule has 0 saturated heterocycles. The molecular formula is C10H22INO. The van der Waals surface area contributed by atoms with Crippen molar-refractivity contribution >= 4 is 23.0 Å². The first-order chi connectivity index (χ1) is 6.11. The Bertz CT molecular complexity index is 119. The van der Waals surface area contributed by atoms with Crippen LogP contribution in [0, 0.1) is 17.8 Å². The topological polar surface area (TPSA) is 35.2 Å². The average molecular weight is 299 g/mol. The lowest BCUT2D eigenvalue weighted by Crippen LogP contribution is -2.21. The third-order valence-electron chi connectivity index (χ3n) is 2.48. The molecule has 0 spiro atoms. The summed E-state index contributed by atoms with van der Waals surface area (Å²) in [6.45, 7) is 8.44. The van der Waals surface area contributed by atoms with Gasteiger partial charge in [-0.2, -0.15) is 0 Å². The fraction of sp³-hybridized carbons (Fsp3) is 1.00. The highest BCUT2D eigenvalue weighted by Crippen LogP contribution is 2.23. The minimum Gasteiger partial charge on any atom is -0.330 e. The van der Waals surface area contributed by atoms with Gasteiger partial charge >= 0.3 is 0 Å². The summed E-state index contributed by atoms with van der Waals surface area (Å²) in [5.74, 6) is 2.10. The summed E-state index contributed by atoms with van der Waals surface area (Å²) in [5.41, 5.74) is 5.55. The minimum atomic E-state index is 0.667. The third kappa shape index (κ3) is 6.69. The van der Waals surface area contributed by atoms with Crippen LogP contribution in [0.25, 0.3) is 0 Å². The van der Waals surface area contributed by atoms with Gasteiger partial charge in [0.15, 0.2) is 0 Å².